The van der Waals surface area contributed by atoms with Crippen LogP contribution in [0.3, 0.4) is 0 Å². The number of halogens is 2. The average Bonchev–Trinajstić information content (AvgIpc) is 2.03. The molecule has 0 amide bonds. The van der Waals surface area contributed by atoms with Crippen LogP contribution in [0.1, 0.15) is 19.4 Å². The van der Waals surface area contributed by atoms with Crippen LogP contribution in [0.25, 0.3) is 0 Å². The fourth-order valence-electron chi connectivity index (χ4n) is 1.22. The van der Waals surface area contributed by atoms with Gasteiger partial charge in [-0.2, -0.15) is 0 Å². The van der Waals surface area contributed by atoms with Gasteiger partial charge in [-0.1, -0.05) is 43.1 Å². The first kappa shape index (κ1) is 10.8. The summed E-state index contributed by atoms with van der Waals surface area (Å²) in [6, 6.07) is 5.35. The van der Waals surface area contributed by atoms with Crippen molar-refractivity contribution in [2.45, 2.75) is 19.3 Å². The van der Waals surface area contributed by atoms with Crippen LogP contribution in [-0.4, -0.2) is 11.7 Å². The molecule has 0 saturated heterocycles. The normalized spacial score (nSPS) is 11.8. The average molecular weight is 219 g/mol. The zero-order chi connectivity index (χ0) is 10.1. The maximum Gasteiger partial charge on any atom is 0.0523 e. The van der Waals surface area contributed by atoms with E-state index in [1.54, 1.807) is 18.2 Å². The quantitative estimate of drug-likeness (QED) is 0.809. The minimum Gasteiger partial charge on any atom is -0.395 e. The van der Waals surface area contributed by atoms with E-state index < -0.39 is 5.41 Å². The van der Waals surface area contributed by atoms with Gasteiger partial charge in [-0.15, -0.1) is 0 Å². The van der Waals surface area contributed by atoms with Crippen LogP contribution >= 0.6 is 23.2 Å². The predicted octanol–water partition coefficient (Wildman–Crippen LogP) is 3.26. The first-order valence-corrected chi connectivity index (χ1v) is 4.80. The molecule has 1 aromatic carbocycles. The molecule has 0 aromatic heterocycles. The Morgan fingerprint density at radius 3 is 2.08 bits per heavy atom. The smallest absolute Gasteiger partial charge is 0.0523 e. The summed E-state index contributed by atoms with van der Waals surface area (Å²) in [4.78, 5) is 0. The number of rotatable bonds is 2. The van der Waals surface area contributed by atoms with Crippen LogP contribution in [0.4, 0.5) is 0 Å². The molecule has 13 heavy (non-hydrogen) atoms. The molecule has 0 fully saturated rings. The molecule has 72 valence electrons. The van der Waals surface area contributed by atoms with Gasteiger partial charge in [0.15, 0.2) is 0 Å². The summed E-state index contributed by atoms with van der Waals surface area (Å²) >= 11 is 12.0. The molecule has 1 N–H and O–H groups in total. The van der Waals surface area contributed by atoms with E-state index >= 15 is 0 Å². The van der Waals surface area contributed by atoms with Crippen molar-refractivity contribution >= 4 is 23.2 Å². The summed E-state index contributed by atoms with van der Waals surface area (Å²) in [6.07, 6.45) is 0. The zero-order valence-corrected chi connectivity index (χ0v) is 9.15. The topological polar surface area (TPSA) is 20.2 Å². The fourth-order valence-corrected chi connectivity index (χ4v) is 2.13. The van der Waals surface area contributed by atoms with E-state index in [0.717, 1.165) is 5.56 Å². The molecule has 0 bridgehead atoms. The first-order valence-electron chi connectivity index (χ1n) is 4.04. The van der Waals surface area contributed by atoms with Crippen LogP contribution in [-0.2, 0) is 5.41 Å². The molecule has 0 radical (unpaired) electrons. The van der Waals surface area contributed by atoms with E-state index in [4.69, 9.17) is 23.2 Å². The maximum absolute atomic E-state index is 9.18. The van der Waals surface area contributed by atoms with E-state index in [9.17, 15) is 5.11 Å². The van der Waals surface area contributed by atoms with Crippen LogP contribution < -0.4 is 0 Å². The van der Waals surface area contributed by atoms with Crippen LogP contribution in [0.15, 0.2) is 18.2 Å². The Kier molecular flexibility index (Phi) is 3.23. The van der Waals surface area contributed by atoms with Gasteiger partial charge in [-0.05, 0) is 17.7 Å². The van der Waals surface area contributed by atoms with E-state index in [2.05, 4.69) is 0 Å². The molecule has 0 spiro atoms. The summed E-state index contributed by atoms with van der Waals surface area (Å²) in [7, 11) is 0. The van der Waals surface area contributed by atoms with E-state index in [1.807, 2.05) is 13.8 Å². The minimum absolute atomic E-state index is 0.0243. The molecular formula is C10H12Cl2O. The van der Waals surface area contributed by atoms with Gasteiger partial charge >= 0.3 is 0 Å². The lowest BCUT2D eigenvalue weighted by Crippen LogP contribution is -2.23. The van der Waals surface area contributed by atoms with Crippen molar-refractivity contribution in [3.05, 3.63) is 33.8 Å². The Morgan fingerprint density at radius 1 is 1.23 bits per heavy atom. The largest absolute Gasteiger partial charge is 0.395 e. The van der Waals surface area contributed by atoms with Crippen molar-refractivity contribution in [1.82, 2.24) is 0 Å². The molecule has 0 atom stereocenters. The van der Waals surface area contributed by atoms with E-state index in [1.165, 1.54) is 0 Å². The van der Waals surface area contributed by atoms with Gasteiger partial charge in [0.25, 0.3) is 0 Å². The molecule has 0 aliphatic rings. The summed E-state index contributed by atoms with van der Waals surface area (Å²) < 4.78 is 0. The van der Waals surface area contributed by atoms with Crippen molar-refractivity contribution in [3.63, 3.8) is 0 Å². The fraction of sp³-hybridized carbons (Fsp3) is 0.400. The lowest BCUT2D eigenvalue weighted by Gasteiger charge is -2.24. The van der Waals surface area contributed by atoms with Crippen LogP contribution in [0.5, 0.6) is 0 Å². The molecule has 1 aromatic rings. The standard InChI is InChI=1S/C10H12Cl2O/c1-10(2,6-13)9-7(11)4-3-5-8(9)12/h3-5,13H,6H2,1-2H3. The van der Waals surface area contributed by atoms with Crippen molar-refractivity contribution in [1.29, 1.82) is 0 Å². The Morgan fingerprint density at radius 2 is 1.69 bits per heavy atom. The van der Waals surface area contributed by atoms with Crippen LogP contribution in [0.2, 0.25) is 10.0 Å². The van der Waals surface area contributed by atoms with Crippen molar-refractivity contribution in [2.24, 2.45) is 0 Å². The molecule has 0 heterocycles. The third-order valence-corrected chi connectivity index (χ3v) is 2.66. The molecular weight excluding hydrogens is 207 g/mol. The second-order valence-corrected chi connectivity index (χ2v) is 4.45. The highest BCUT2D eigenvalue weighted by atomic mass is 35.5. The summed E-state index contributed by atoms with van der Waals surface area (Å²) in [5.41, 5.74) is 0.413. The second kappa shape index (κ2) is 3.87. The first-order chi connectivity index (χ1) is 5.99. The molecule has 0 saturated carbocycles. The lowest BCUT2D eigenvalue weighted by molar-refractivity contribution is 0.218. The van der Waals surface area contributed by atoms with Crippen molar-refractivity contribution < 1.29 is 5.11 Å². The molecule has 1 nitrogen and oxygen atoms in total. The maximum atomic E-state index is 9.18. The summed E-state index contributed by atoms with van der Waals surface area (Å²) in [5.74, 6) is 0. The van der Waals surface area contributed by atoms with E-state index in [0.29, 0.717) is 10.0 Å². The van der Waals surface area contributed by atoms with Crippen LogP contribution in [0, 0.1) is 0 Å². The van der Waals surface area contributed by atoms with E-state index in [-0.39, 0.29) is 6.61 Å². The highest BCUT2D eigenvalue weighted by Gasteiger charge is 2.24. The van der Waals surface area contributed by atoms with Gasteiger partial charge in [0.2, 0.25) is 0 Å². The molecule has 0 unspecified atom stereocenters. The van der Waals surface area contributed by atoms with Crippen molar-refractivity contribution in [2.75, 3.05) is 6.61 Å². The number of benzene rings is 1. The lowest BCUT2D eigenvalue weighted by atomic mass is 9.85. The molecule has 0 aliphatic heterocycles. The third kappa shape index (κ3) is 2.16. The highest BCUT2D eigenvalue weighted by molar-refractivity contribution is 6.36. The summed E-state index contributed by atoms with van der Waals surface area (Å²) in [6.45, 7) is 3.83. The van der Waals surface area contributed by atoms with Gasteiger partial charge in [0.1, 0.15) is 0 Å². The van der Waals surface area contributed by atoms with Crippen molar-refractivity contribution in [3.8, 4) is 0 Å². The number of aliphatic hydroxyl groups excluding tert-OH is 1. The van der Waals surface area contributed by atoms with Gasteiger partial charge in [0.05, 0.1) is 6.61 Å². The predicted molar refractivity (Wildman–Crippen MR) is 56.6 cm³/mol. The third-order valence-electron chi connectivity index (χ3n) is 2.03. The summed E-state index contributed by atoms with van der Waals surface area (Å²) in [5, 5.41) is 10.4. The Bertz CT molecular complexity index is 288. The molecule has 3 heteroatoms. The Labute approximate surface area is 88.3 Å². The Hall–Kier alpha value is -0.240. The monoisotopic (exact) mass is 218 g/mol. The van der Waals surface area contributed by atoms with Gasteiger partial charge in [-0.25, -0.2) is 0 Å². The highest BCUT2D eigenvalue weighted by Crippen LogP contribution is 2.34. The molecule has 1 rings (SSSR count). The number of hydrogen-bond acceptors (Lipinski definition) is 1. The Balaban J connectivity index is 3.28. The zero-order valence-electron chi connectivity index (χ0n) is 7.64. The SMILES string of the molecule is CC(C)(CO)c1c(Cl)cccc1Cl. The van der Waals surface area contributed by atoms with Gasteiger partial charge < -0.3 is 5.11 Å². The number of hydrogen-bond donors (Lipinski definition) is 1. The second-order valence-electron chi connectivity index (χ2n) is 3.64. The number of aliphatic hydroxyl groups is 1. The molecule has 0 aliphatic carbocycles. The van der Waals surface area contributed by atoms with Gasteiger partial charge in [0, 0.05) is 15.5 Å². The minimum atomic E-state index is -0.393. The van der Waals surface area contributed by atoms with Gasteiger partial charge in [-0.3, -0.25) is 0 Å².